The van der Waals surface area contributed by atoms with Crippen molar-refractivity contribution in [2.24, 2.45) is 0 Å². The maximum Gasteiger partial charge on any atom is 0.338 e. The Morgan fingerprint density at radius 3 is 2.24 bits per heavy atom. The lowest BCUT2D eigenvalue weighted by molar-refractivity contribution is -0.124. The number of imide groups is 1. The fraction of sp³-hybridized carbons (Fsp3) is 0.273. The van der Waals surface area contributed by atoms with Crippen molar-refractivity contribution in [1.82, 2.24) is 0 Å². The third-order valence-electron chi connectivity index (χ3n) is 4.72. The van der Waals surface area contributed by atoms with Gasteiger partial charge < -0.3 is 10.1 Å². The Morgan fingerprint density at radius 1 is 1.00 bits per heavy atom. The molecule has 0 radical (unpaired) electrons. The number of ether oxygens (including phenoxy) is 1. The van der Waals surface area contributed by atoms with E-state index in [9.17, 15) is 19.2 Å². The van der Waals surface area contributed by atoms with Crippen molar-refractivity contribution in [1.29, 1.82) is 0 Å². The second kappa shape index (κ2) is 8.26. The maximum atomic E-state index is 12.4. The van der Waals surface area contributed by atoms with Gasteiger partial charge >= 0.3 is 5.97 Å². The molecule has 1 aliphatic heterocycles. The molecule has 29 heavy (non-hydrogen) atoms. The van der Waals surface area contributed by atoms with E-state index in [2.05, 4.69) is 5.32 Å². The zero-order chi connectivity index (χ0) is 21.1. The predicted molar refractivity (Wildman–Crippen MR) is 108 cm³/mol. The Bertz CT molecular complexity index is 965. The molecule has 1 N–H and O–H groups in total. The number of hydrogen-bond donors (Lipinski definition) is 1. The number of amides is 3. The Labute approximate surface area is 168 Å². The molecule has 1 atom stereocenters. The molecule has 1 aliphatic rings. The van der Waals surface area contributed by atoms with Gasteiger partial charge in [0.05, 0.1) is 11.3 Å². The first-order valence-corrected chi connectivity index (χ1v) is 9.31. The van der Waals surface area contributed by atoms with Crippen LogP contribution < -0.4 is 10.2 Å². The van der Waals surface area contributed by atoms with Crippen molar-refractivity contribution >= 4 is 35.1 Å². The molecule has 1 fully saturated rings. The molecule has 0 bridgehead atoms. The summed E-state index contributed by atoms with van der Waals surface area (Å²) in [5.41, 5.74) is 3.21. The highest BCUT2D eigenvalue weighted by Crippen LogP contribution is 2.23. The van der Waals surface area contributed by atoms with Crippen molar-refractivity contribution in [3.05, 3.63) is 59.2 Å². The molecular formula is C22H22N2O5. The Balaban J connectivity index is 1.63. The second-order valence-electron chi connectivity index (χ2n) is 7.02. The Kier molecular flexibility index (Phi) is 5.77. The zero-order valence-electron chi connectivity index (χ0n) is 16.5. The van der Waals surface area contributed by atoms with Crippen molar-refractivity contribution in [3.8, 4) is 0 Å². The largest absolute Gasteiger partial charge is 0.449 e. The van der Waals surface area contributed by atoms with Gasteiger partial charge in [-0.25, -0.2) is 4.79 Å². The van der Waals surface area contributed by atoms with Crippen molar-refractivity contribution in [2.75, 3.05) is 10.2 Å². The summed E-state index contributed by atoms with van der Waals surface area (Å²) in [5.74, 6) is -1.62. The third-order valence-corrected chi connectivity index (χ3v) is 4.72. The van der Waals surface area contributed by atoms with Gasteiger partial charge in [-0.1, -0.05) is 12.1 Å². The summed E-state index contributed by atoms with van der Waals surface area (Å²) in [7, 11) is 0. The highest BCUT2D eigenvalue weighted by Gasteiger charge is 2.30. The monoisotopic (exact) mass is 394 g/mol. The van der Waals surface area contributed by atoms with Crippen LogP contribution >= 0.6 is 0 Å². The van der Waals surface area contributed by atoms with Gasteiger partial charge in [0.1, 0.15) is 0 Å². The molecule has 1 heterocycles. The smallest absolute Gasteiger partial charge is 0.338 e. The second-order valence-corrected chi connectivity index (χ2v) is 7.02. The van der Waals surface area contributed by atoms with Crippen molar-refractivity contribution in [2.45, 2.75) is 39.7 Å². The first kappa shape index (κ1) is 20.3. The normalized spacial score (nSPS) is 14.7. The summed E-state index contributed by atoms with van der Waals surface area (Å²) in [4.78, 5) is 49.4. The number of nitrogens with one attached hydrogen (secondary N) is 1. The molecule has 2 aromatic carbocycles. The number of esters is 1. The van der Waals surface area contributed by atoms with Gasteiger partial charge in [-0.3, -0.25) is 19.3 Å². The van der Waals surface area contributed by atoms with E-state index in [1.165, 1.54) is 31.2 Å². The average Bonchev–Trinajstić information content (AvgIpc) is 3.03. The number of hydrogen-bond acceptors (Lipinski definition) is 5. The van der Waals surface area contributed by atoms with Crippen LogP contribution in [0.4, 0.5) is 11.4 Å². The number of nitrogens with zero attached hydrogens (tertiary/aromatic N) is 1. The molecule has 7 heteroatoms. The summed E-state index contributed by atoms with van der Waals surface area (Å²) in [6.07, 6.45) is -0.616. The van der Waals surface area contributed by atoms with Crippen LogP contribution in [0.2, 0.25) is 0 Å². The van der Waals surface area contributed by atoms with E-state index in [1.807, 2.05) is 32.0 Å². The minimum absolute atomic E-state index is 0.190. The first-order chi connectivity index (χ1) is 13.8. The lowest BCUT2D eigenvalue weighted by Crippen LogP contribution is -2.30. The number of carbonyl (C=O) groups excluding carboxylic acids is 4. The minimum Gasteiger partial charge on any atom is -0.449 e. The Hall–Kier alpha value is -3.48. The fourth-order valence-electron chi connectivity index (χ4n) is 3.00. The van der Waals surface area contributed by atoms with E-state index in [4.69, 9.17) is 4.74 Å². The molecular weight excluding hydrogens is 372 g/mol. The molecule has 2 aromatic rings. The number of rotatable bonds is 5. The first-order valence-electron chi connectivity index (χ1n) is 9.31. The standard InChI is InChI=1S/C22H22N2O5/c1-13-4-5-14(2)18(12-13)23-21(27)15(3)29-22(28)16-6-8-17(9-7-16)24-19(25)10-11-20(24)26/h4-9,12,15H,10-11H2,1-3H3,(H,23,27)/t15-/m1/s1. The van der Waals surface area contributed by atoms with E-state index < -0.39 is 18.0 Å². The SMILES string of the molecule is Cc1ccc(C)c(NC(=O)[C@@H](C)OC(=O)c2ccc(N3C(=O)CCC3=O)cc2)c1. The summed E-state index contributed by atoms with van der Waals surface area (Å²) in [6.45, 7) is 5.29. The molecule has 1 saturated heterocycles. The van der Waals surface area contributed by atoms with Crippen LogP contribution in [0.25, 0.3) is 0 Å². The van der Waals surface area contributed by atoms with Crippen LogP contribution in [0, 0.1) is 13.8 Å². The highest BCUT2D eigenvalue weighted by molar-refractivity contribution is 6.19. The van der Waals surface area contributed by atoms with Gasteiger partial charge in [-0.15, -0.1) is 0 Å². The van der Waals surface area contributed by atoms with Gasteiger partial charge in [-0.05, 0) is 62.2 Å². The summed E-state index contributed by atoms with van der Waals surface area (Å²) < 4.78 is 5.25. The van der Waals surface area contributed by atoms with Crippen molar-refractivity contribution < 1.29 is 23.9 Å². The molecule has 3 rings (SSSR count). The summed E-state index contributed by atoms with van der Waals surface area (Å²) in [5, 5.41) is 2.77. The molecule has 150 valence electrons. The predicted octanol–water partition coefficient (Wildman–Crippen LogP) is 3.14. The van der Waals surface area contributed by atoms with Crippen LogP contribution in [-0.2, 0) is 19.1 Å². The Morgan fingerprint density at radius 2 is 1.62 bits per heavy atom. The molecule has 0 unspecified atom stereocenters. The van der Waals surface area contributed by atoms with E-state index in [1.54, 1.807) is 0 Å². The maximum absolute atomic E-state index is 12.4. The third kappa shape index (κ3) is 4.51. The van der Waals surface area contributed by atoms with E-state index in [0.717, 1.165) is 16.0 Å². The van der Waals surface area contributed by atoms with Crippen molar-refractivity contribution in [3.63, 3.8) is 0 Å². The van der Waals surface area contributed by atoms with Crippen LogP contribution in [-0.4, -0.2) is 29.8 Å². The van der Waals surface area contributed by atoms with Crippen LogP contribution in [0.5, 0.6) is 0 Å². The highest BCUT2D eigenvalue weighted by atomic mass is 16.5. The van der Waals surface area contributed by atoms with Gasteiger partial charge in [0.15, 0.2) is 6.10 Å². The zero-order valence-corrected chi connectivity index (χ0v) is 16.5. The quantitative estimate of drug-likeness (QED) is 0.621. The molecule has 7 nitrogen and oxygen atoms in total. The summed E-state index contributed by atoms with van der Waals surface area (Å²) >= 11 is 0. The van der Waals surface area contributed by atoms with Gasteiger partial charge in [0.2, 0.25) is 11.8 Å². The average molecular weight is 394 g/mol. The van der Waals surface area contributed by atoms with E-state index in [0.29, 0.717) is 11.4 Å². The number of carbonyl (C=O) groups is 4. The molecule has 0 aliphatic carbocycles. The number of benzene rings is 2. The van der Waals surface area contributed by atoms with Gasteiger partial charge in [0.25, 0.3) is 5.91 Å². The summed E-state index contributed by atoms with van der Waals surface area (Å²) in [6, 6.07) is 11.6. The molecule has 3 amide bonds. The number of aryl methyl sites for hydroxylation is 2. The molecule has 0 spiro atoms. The van der Waals surface area contributed by atoms with Gasteiger partial charge in [0, 0.05) is 18.5 Å². The van der Waals surface area contributed by atoms with Crippen LogP contribution in [0.3, 0.4) is 0 Å². The van der Waals surface area contributed by atoms with E-state index >= 15 is 0 Å². The molecule has 0 aromatic heterocycles. The lowest BCUT2D eigenvalue weighted by Gasteiger charge is -2.16. The number of anilines is 2. The lowest BCUT2D eigenvalue weighted by atomic mass is 10.1. The van der Waals surface area contributed by atoms with E-state index in [-0.39, 0.29) is 30.2 Å². The minimum atomic E-state index is -0.996. The van der Waals surface area contributed by atoms with Crippen LogP contribution in [0.15, 0.2) is 42.5 Å². The topological polar surface area (TPSA) is 92.8 Å². The van der Waals surface area contributed by atoms with Crippen LogP contribution in [0.1, 0.15) is 41.3 Å². The van der Waals surface area contributed by atoms with Gasteiger partial charge in [-0.2, -0.15) is 0 Å². The molecule has 0 saturated carbocycles. The fourth-order valence-corrected chi connectivity index (χ4v) is 3.00.